The summed E-state index contributed by atoms with van der Waals surface area (Å²) in [5.41, 5.74) is 0.481. The fourth-order valence-corrected chi connectivity index (χ4v) is 2.03. The first-order valence-electron chi connectivity index (χ1n) is 5.25. The molecule has 0 amide bonds. The Morgan fingerprint density at radius 3 is 2.56 bits per heavy atom. The Morgan fingerprint density at radius 2 is 2.12 bits per heavy atom. The molecule has 1 fully saturated rings. The van der Waals surface area contributed by atoms with Crippen molar-refractivity contribution in [2.45, 2.75) is 24.7 Å². The van der Waals surface area contributed by atoms with Crippen LogP contribution in [0.15, 0.2) is 12.3 Å². The zero-order valence-electron chi connectivity index (χ0n) is 9.49. The van der Waals surface area contributed by atoms with E-state index in [9.17, 15) is 5.26 Å². The van der Waals surface area contributed by atoms with Crippen LogP contribution in [0.5, 0.6) is 11.6 Å². The van der Waals surface area contributed by atoms with E-state index >= 15 is 0 Å². The Labute approximate surface area is 94.8 Å². The average Bonchev–Trinajstić information content (AvgIpc) is 2.28. The zero-order valence-corrected chi connectivity index (χ0v) is 9.49. The topological polar surface area (TPSA) is 55.1 Å². The number of methoxy groups -OCH3 is 2. The molecule has 0 saturated heterocycles. The van der Waals surface area contributed by atoms with Crippen molar-refractivity contribution in [2.75, 3.05) is 14.2 Å². The van der Waals surface area contributed by atoms with E-state index in [4.69, 9.17) is 9.47 Å². The van der Waals surface area contributed by atoms with E-state index in [-0.39, 0.29) is 0 Å². The van der Waals surface area contributed by atoms with Gasteiger partial charge < -0.3 is 9.47 Å². The van der Waals surface area contributed by atoms with Gasteiger partial charge in [0, 0.05) is 17.8 Å². The Balaban J connectivity index is 2.45. The lowest BCUT2D eigenvalue weighted by Crippen LogP contribution is -2.32. The van der Waals surface area contributed by atoms with Crippen LogP contribution in [0.25, 0.3) is 0 Å². The molecule has 1 heterocycles. The molecule has 1 aliphatic rings. The summed E-state index contributed by atoms with van der Waals surface area (Å²) in [5, 5.41) is 9.27. The summed E-state index contributed by atoms with van der Waals surface area (Å²) < 4.78 is 10.3. The van der Waals surface area contributed by atoms with Crippen LogP contribution in [0.3, 0.4) is 0 Å². The highest BCUT2D eigenvalue weighted by molar-refractivity contribution is 5.46. The van der Waals surface area contributed by atoms with Crippen LogP contribution in [0, 0.1) is 11.3 Å². The molecule has 1 aromatic heterocycles. The van der Waals surface area contributed by atoms with Crippen LogP contribution in [0.1, 0.15) is 24.8 Å². The number of rotatable bonds is 3. The van der Waals surface area contributed by atoms with Crippen molar-refractivity contribution in [3.8, 4) is 17.7 Å². The smallest absolute Gasteiger partial charge is 0.216 e. The second kappa shape index (κ2) is 4.01. The maximum Gasteiger partial charge on any atom is 0.216 e. The van der Waals surface area contributed by atoms with E-state index in [1.54, 1.807) is 26.5 Å². The first kappa shape index (κ1) is 10.7. The Kier molecular flexibility index (Phi) is 2.69. The third-order valence-corrected chi connectivity index (χ3v) is 3.21. The van der Waals surface area contributed by atoms with Gasteiger partial charge in [-0.2, -0.15) is 5.26 Å². The molecule has 0 aliphatic heterocycles. The zero-order chi connectivity index (χ0) is 11.6. The summed E-state index contributed by atoms with van der Waals surface area (Å²) in [5.74, 6) is 1.20. The summed E-state index contributed by atoms with van der Waals surface area (Å²) in [6.45, 7) is 0. The maximum absolute atomic E-state index is 9.27. The van der Waals surface area contributed by atoms with Crippen molar-refractivity contribution in [3.05, 3.63) is 17.8 Å². The van der Waals surface area contributed by atoms with Crippen molar-refractivity contribution in [3.63, 3.8) is 0 Å². The van der Waals surface area contributed by atoms with Gasteiger partial charge in [0.05, 0.1) is 25.7 Å². The summed E-state index contributed by atoms with van der Waals surface area (Å²) in [6, 6.07) is 4.11. The minimum Gasteiger partial charge on any atom is -0.496 e. The number of aromatic nitrogens is 1. The lowest BCUT2D eigenvalue weighted by atomic mass is 9.66. The third-order valence-electron chi connectivity index (χ3n) is 3.21. The van der Waals surface area contributed by atoms with Crippen LogP contribution in [0.2, 0.25) is 0 Å². The van der Waals surface area contributed by atoms with E-state index in [0.29, 0.717) is 11.6 Å². The Bertz CT molecular complexity index is 433. The monoisotopic (exact) mass is 218 g/mol. The van der Waals surface area contributed by atoms with E-state index in [1.165, 1.54) is 0 Å². The molecule has 0 radical (unpaired) electrons. The van der Waals surface area contributed by atoms with E-state index in [2.05, 4.69) is 11.1 Å². The molecule has 0 aromatic carbocycles. The van der Waals surface area contributed by atoms with Gasteiger partial charge in [0.25, 0.3) is 0 Å². The van der Waals surface area contributed by atoms with Crippen molar-refractivity contribution >= 4 is 0 Å². The number of ether oxygens (including phenoxy) is 2. The molecule has 0 bridgehead atoms. The Hall–Kier alpha value is -1.76. The molecule has 0 atom stereocenters. The highest BCUT2D eigenvalue weighted by Crippen LogP contribution is 2.46. The lowest BCUT2D eigenvalue weighted by Gasteiger charge is -2.36. The van der Waals surface area contributed by atoms with Crippen molar-refractivity contribution in [1.29, 1.82) is 5.26 Å². The predicted molar refractivity (Wildman–Crippen MR) is 58.5 cm³/mol. The van der Waals surface area contributed by atoms with Gasteiger partial charge in [-0.15, -0.1) is 0 Å². The van der Waals surface area contributed by atoms with Crippen LogP contribution < -0.4 is 9.47 Å². The van der Waals surface area contributed by atoms with Crippen LogP contribution in [-0.4, -0.2) is 19.2 Å². The standard InChI is InChI=1S/C12H14N2O2/c1-15-10-6-11(16-2)14-7-9(10)12(8-13)4-3-5-12/h6-7H,3-5H2,1-2H3. The molecule has 4 nitrogen and oxygen atoms in total. The molecular formula is C12H14N2O2. The molecule has 0 N–H and O–H groups in total. The van der Waals surface area contributed by atoms with Crippen LogP contribution >= 0.6 is 0 Å². The summed E-state index contributed by atoms with van der Waals surface area (Å²) >= 11 is 0. The number of hydrogen-bond donors (Lipinski definition) is 0. The number of pyridine rings is 1. The van der Waals surface area contributed by atoms with Crippen molar-refractivity contribution in [2.24, 2.45) is 0 Å². The fraction of sp³-hybridized carbons (Fsp3) is 0.500. The average molecular weight is 218 g/mol. The van der Waals surface area contributed by atoms with E-state index in [1.807, 2.05) is 0 Å². The molecule has 0 unspecified atom stereocenters. The molecule has 1 aliphatic carbocycles. The van der Waals surface area contributed by atoms with Crippen molar-refractivity contribution in [1.82, 2.24) is 4.98 Å². The molecule has 4 heteroatoms. The highest BCUT2D eigenvalue weighted by Gasteiger charge is 2.41. The molecule has 1 saturated carbocycles. The molecular weight excluding hydrogens is 204 g/mol. The molecule has 84 valence electrons. The summed E-state index contributed by atoms with van der Waals surface area (Å²) in [6.07, 6.45) is 4.55. The summed E-state index contributed by atoms with van der Waals surface area (Å²) in [4.78, 5) is 4.15. The van der Waals surface area contributed by atoms with Gasteiger partial charge in [-0.05, 0) is 19.3 Å². The SMILES string of the molecule is COc1cc(OC)c(C2(C#N)CCC2)cn1. The number of hydrogen-bond acceptors (Lipinski definition) is 4. The van der Waals surface area contributed by atoms with Gasteiger partial charge in [0.2, 0.25) is 5.88 Å². The second-order valence-electron chi connectivity index (χ2n) is 3.97. The Morgan fingerprint density at radius 1 is 1.38 bits per heavy atom. The van der Waals surface area contributed by atoms with Crippen molar-refractivity contribution < 1.29 is 9.47 Å². The first-order valence-corrected chi connectivity index (χ1v) is 5.25. The quantitative estimate of drug-likeness (QED) is 0.779. The van der Waals surface area contributed by atoms with Gasteiger partial charge >= 0.3 is 0 Å². The largest absolute Gasteiger partial charge is 0.496 e. The normalized spacial score (nSPS) is 17.1. The van der Waals surface area contributed by atoms with Gasteiger partial charge in [-0.25, -0.2) is 4.98 Å². The predicted octanol–water partition coefficient (Wildman–Crippen LogP) is 2.04. The highest BCUT2D eigenvalue weighted by atomic mass is 16.5. The minimum atomic E-state index is -0.398. The minimum absolute atomic E-state index is 0.398. The molecule has 1 aromatic rings. The maximum atomic E-state index is 9.27. The molecule has 0 spiro atoms. The van der Waals surface area contributed by atoms with Gasteiger partial charge in [0.1, 0.15) is 5.75 Å². The van der Waals surface area contributed by atoms with Gasteiger partial charge in [-0.1, -0.05) is 0 Å². The van der Waals surface area contributed by atoms with E-state index < -0.39 is 5.41 Å². The van der Waals surface area contributed by atoms with Gasteiger partial charge in [0.15, 0.2) is 0 Å². The van der Waals surface area contributed by atoms with E-state index in [0.717, 1.165) is 24.8 Å². The van der Waals surface area contributed by atoms with Crippen LogP contribution in [-0.2, 0) is 5.41 Å². The van der Waals surface area contributed by atoms with Crippen LogP contribution in [0.4, 0.5) is 0 Å². The molecule has 16 heavy (non-hydrogen) atoms. The molecule has 2 rings (SSSR count). The third kappa shape index (κ3) is 1.49. The summed E-state index contributed by atoms with van der Waals surface area (Å²) in [7, 11) is 3.16. The van der Waals surface area contributed by atoms with Gasteiger partial charge in [-0.3, -0.25) is 0 Å². The lowest BCUT2D eigenvalue weighted by molar-refractivity contribution is 0.303. The first-order chi connectivity index (χ1) is 7.75. The second-order valence-corrected chi connectivity index (χ2v) is 3.97. The fourth-order valence-electron chi connectivity index (χ4n) is 2.03. The number of nitrogens with zero attached hydrogens (tertiary/aromatic N) is 2. The number of nitriles is 1.